The summed E-state index contributed by atoms with van der Waals surface area (Å²) in [6.07, 6.45) is -4.53. The Labute approximate surface area is 152 Å². The second kappa shape index (κ2) is 15.7. The van der Waals surface area contributed by atoms with Gasteiger partial charge < -0.3 is 22.9 Å². The molecule has 1 aromatic rings. The van der Waals surface area contributed by atoms with Crippen molar-refractivity contribution in [1.29, 1.82) is 0 Å². The van der Waals surface area contributed by atoms with E-state index in [9.17, 15) is 27.6 Å². The summed E-state index contributed by atoms with van der Waals surface area (Å²) in [5.41, 5.74) is 18.8. The molecule has 0 saturated heterocycles. The van der Waals surface area contributed by atoms with Gasteiger partial charge in [-0.3, -0.25) is 19.2 Å². The number of rotatable bonds is 3. The van der Waals surface area contributed by atoms with Crippen LogP contribution < -0.4 is 22.9 Å². The number of nitrogens with two attached hydrogens (primary N) is 4. The molecule has 8 nitrogen and oxygen atoms in total. The molecule has 148 valence electrons. The van der Waals surface area contributed by atoms with E-state index in [0.717, 1.165) is 5.56 Å². The molecule has 0 aliphatic carbocycles. The molecular weight excluding hydrogens is 381 g/mol. The molecule has 0 aromatic heterocycles. The van der Waals surface area contributed by atoms with Gasteiger partial charge in [0.25, 0.3) is 0 Å². The Hall–Kier alpha value is -2.82. The molecule has 0 aliphatic heterocycles. The van der Waals surface area contributed by atoms with Gasteiger partial charge in [-0.15, -0.1) is 11.6 Å². The van der Waals surface area contributed by atoms with E-state index in [2.05, 4.69) is 17.2 Å². The van der Waals surface area contributed by atoms with E-state index in [1.165, 1.54) is 6.92 Å². The van der Waals surface area contributed by atoms with Crippen molar-refractivity contribution in [3.05, 3.63) is 35.9 Å². The molecule has 0 radical (unpaired) electrons. The van der Waals surface area contributed by atoms with Gasteiger partial charge in [0.2, 0.25) is 17.7 Å². The first-order valence-electron chi connectivity index (χ1n) is 6.53. The third-order valence-electron chi connectivity index (χ3n) is 1.63. The van der Waals surface area contributed by atoms with Gasteiger partial charge in [-0.25, -0.2) is 0 Å². The van der Waals surface area contributed by atoms with Crippen LogP contribution in [0.5, 0.6) is 0 Å². The molecule has 26 heavy (non-hydrogen) atoms. The zero-order valence-corrected chi connectivity index (χ0v) is 14.5. The van der Waals surface area contributed by atoms with Gasteiger partial charge in [-0.2, -0.15) is 13.2 Å². The van der Waals surface area contributed by atoms with Gasteiger partial charge in [-0.05, 0) is 5.56 Å². The number of carbonyl (C=O) groups excluding carboxylic acids is 4. The zero-order valence-electron chi connectivity index (χ0n) is 13.8. The first kappa shape index (κ1) is 28.0. The van der Waals surface area contributed by atoms with E-state index < -0.39 is 18.0 Å². The molecule has 1 aromatic carbocycles. The molecule has 0 bridgehead atoms. The Morgan fingerprint density at radius 1 is 0.923 bits per heavy atom. The SMILES string of the molecule is CC(N)=O.NC(=O)C(F)(F)F.NC(=O)CCl.NC(=O)Cc1ccccc1. The van der Waals surface area contributed by atoms with Crippen LogP contribution in [-0.4, -0.2) is 35.7 Å². The monoisotopic (exact) mass is 400 g/mol. The molecule has 0 spiro atoms. The molecule has 1 rings (SSSR count). The fourth-order valence-electron chi connectivity index (χ4n) is 0.797. The predicted molar refractivity (Wildman–Crippen MR) is 89.4 cm³/mol. The second-order valence-corrected chi connectivity index (χ2v) is 4.47. The number of hydrogen-bond acceptors (Lipinski definition) is 4. The Morgan fingerprint density at radius 2 is 1.23 bits per heavy atom. The van der Waals surface area contributed by atoms with E-state index >= 15 is 0 Å². The molecular formula is C14H20ClF3N4O4. The fourth-order valence-corrected chi connectivity index (χ4v) is 0.797. The lowest BCUT2D eigenvalue weighted by Gasteiger charge is -1.95. The van der Waals surface area contributed by atoms with Crippen LogP contribution >= 0.6 is 11.6 Å². The highest BCUT2D eigenvalue weighted by Gasteiger charge is 2.35. The number of benzene rings is 1. The molecule has 12 heteroatoms. The minimum Gasteiger partial charge on any atom is -0.370 e. The molecule has 0 saturated carbocycles. The molecule has 0 fully saturated rings. The summed E-state index contributed by atoms with van der Waals surface area (Å²) < 4.78 is 32.1. The van der Waals surface area contributed by atoms with Crippen molar-refractivity contribution < 1.29 is 32.3 Å². The summed E-state index contributed by atoms with van der Waals surface area (Å²) in [6, 6.07) is 9.44. The Kier molecular flexibility index (Phi) is 16.9. The normalized spacial score (nSPS) is 8.96. The van der Waals surface area contributed by atoms with Crippen molar-refractivity contribution >= 4 is 35.2 Å². The second-order valence-electron chi connectivity index (χ2n) is 4.20. The summed E-state index contributed by atoms with van der Waals surface area (Å²) in [7, 11) is 0. The zero-order chi connectivity index (χ0) is 21.3. The number of halogens is 4. The highest BCUT2D eigenvalue weighted by molar-refractivity contribution is 6.27. The first-order valence-corrected chi connectivity index (χ1v) is 7.06. The quantitative estimate of drug-likeness (QED) is 0.521. The van der Waals surface area contributed by atoms with E-state index in [4.69, 9.17) is 22.1 Å². The minimum atomic E-state index is -4.86. The van der Waals surface area contributed by atoms with Gasteiger partial charge >= 0.3 is 12.1 Å². The van der Waals surface area contributed by atoms with E-state index in [-0.39, 0.29) is 17.7 Å². The highest BCUT2D eigenvalue weighted by atomic mass is 35.5. The largest absolute Gasteiger partial charge is 0.470 e. The topological polar surface area (TPSA) is 172 Å². The maximum Gasteiger partial charge on any atom is 0.470 e. The van der Waals surface area contributed by atoms with Crippen LogP contribution in [0.15, 0.2) is 30.3 Å². The van der Waals surface area contributed by atoms with E-state index in [1.54, 1.807) is 0 Å². The maximum absolute atomic E-state index is 10.7. The van der Waals surface area contributed by atoms with Crippen molar-refractivity contribution in [1.82, 2.24) is 0 Å². The minimum absolute atomic E-state index is 0.0833. The smallest absolute Gasteiger partial charge is 0.370 e. The van der Waals surface area contributed by atoms with Gasteiger partial charge in [0.15, 0.2) is 0 Å². The standard InChI is InChI=1S/C8H9NO.C2H4ClNO.C2H2F3NO.C2H5NO/c9-8(10)6-7-4-2-1-3-5-7;3-1-2(4)5;3-2(4,5)1(6)7;1-2(3)4/h1-5H,6H2,(H2,9,10);1H2,(H2,4,5);(H2,6,7);1H3,(H2,3,4). The summed E-state index contributed by atoms with van der Waals surface area (Å²) in [4.78, 5) is 38.2. The Morgan fingerprint density at radius 3 is 1.42 bits per heavy atom. The van der Waals surface area contributed by atoms with Crippen LogP contribution in [0.25, 0.3) is 0 Å². The van der Waals surface area contributed by atoms with E-state index in [0.29, 0.717) is 6.42 Å². The third-order valence-corrected chi connectivity index (χ3v) is 1.90. The van der Waals surface area contributed by atoms with Crippen molar-refractivity contribution in [2.24, 2.45) is 22.9 Å². The van der Waals surface area contributed by atoms with Crippen LogP contribution in [0.3, 0.4) is 0 Å². The summed E-state index contributed by atoms with van der Waals surface area (Å²) >= 11 is 4.86. The molecule has 4 amide bonds. The number of carbonyl (C=O) groups is 4. The molecule has 0 atom stereocenters. The summed E-state index contributed by atoms with van der Waals surface area (Å²) in [5.74, 6) is -3.44. The number of alkyl halides is 4. The van der Waals surface area contributed by atoms with Crippen molar-refractivity contribution in [2.75, 3.05) is 5.88 Å². The van der Waals surface area contributed by atoms with Gasteiger partial charge in [-0.1, -0.05) is 30.3 Å². The van der Waals surface area contributed by atoms with Crippen LogP contribution in [0.4, 0.5) is 13.2 Å². The van der Waals surface area contributed by atoms with Crippen LogP contribution in [0.1, 0.15) is 12.5 Å². The van der Waals surface area contributed by atoms with Gasteiger partial charge in [0, 0.05) is 6.92 Å². The van der Waals surface area contributed by atoms with Crippen LogP contribution in [0.2, 0.25) is 0 Å². The van der Waals surface area contributed by atoms with Gasteiger partial charge in [0.1, 0.15) is 5.88 Å². The fraction of sp³-hybridized carbons (Fsp3) is 0.286. The lowest BCUT2D eigenvalue weighted by atomic mass is 10.1. The predicted octanol–water partition coefficient (Wildman–Crippen LogP) is -0.0495. The molecule has 8 N–H and O–H groups in total. The van der Waals surface area contributed by atoms with Crippen LogP contribution in [0, 0.1) is 0 Å². The van der Waals surface area contributed by atoms with Crippen LogP contribution in [-0.2, 0) is 25.6 Å². The maximum atomic E-state index is 10.7. The number of primary amides is 4. The molecule has 0 unspecified atom stereocenters. The average molecular weight is 401 g/mol. The number of amides is 4. The molecule has 0 aliphatic rings. The Balaban J connectivity index is -0.000000292. The molecule has 0 heterocycles. The van der Waals surface area contributed by atoms with Crippen molar-refractivity contribution in [3.63, 3.8) is 0 Å². The van der Waals surface area contributed by atoms with Crippen molar-refractivity contribution in [3.8, 4) is 0 Å². The summed E-state index contributed by atoms with van der Waals surface area (Å²) in [6.45, 7) is 1.31. The highest BCUT2D eigenvalue weighted by Crippen LogP contribution is 2.11. The Bertz CT molecular complexity index is 565. The third kappa shape index (κ3) is 29.2. The van der Waals surface area contributed by atoms with Crippen molar-refractivity contribution in [2.45, 2.75) is 19.5 Å². The van der Waals surface area contributed by atoms with Gasteiger partial charge in [0.05, 0.1) is 6.42 Å². The lowest BCUT2D eigenvalue weighted by molar-refractivity contribution is -0.169. The van der Waals surface area contributed by atoms with E-state index in [1.807, 2.05) is 30.3 Å². The summed E-state index contributed by atoms with van der Waals surface area (Å²) in [5, 5.41) is 0. The average Bonchev–Trinajstić information content (AvgIpc) is 2.47. The number of hydrogen-bond donors (Lipinski definition) is 4. The first-order chi connectivity index (χ1) is 11.7. The lowest BCUT2D eigenvalue weighted by Crippen LogP contribution is -2.30.